The summed E-state index contributed by atoms with van der Waals surface area (Å²) in [6, 6.07) is 0. The summed E-state index contributed by atoms with van der Waals surface area (Å²) in [5, 5.41) is -0.221. The van der Waals surface area contributed by atoms with Gasteiger partial charge in [0, 0.05) is 11.8 Å². The zero-order chi connectivity index (χ0) is 9.83. The molecule has 0 spiro atoms. The smallest absolute Gasteiger partial charge is 0.205 e. The summed E-state index contributed by atoms with van der Waals surface area (Å²) < 4.78 is 17.3. The van der Waals surface area contributed by atoms with E-state index in [1.807, 2.05) is 20.8 Å². The lowest BCUT2D eigenvalue weighted by atomic mass is 10.3. The van der Waals surface area contributed by atoms with Gasteiger partial charge in [0.25, 0.3) is 0 Å². The monoisotopic (exact) mass is 192 g/mol. The molecule has 2 nitrogen and oxygen atoms in total. The second-order valence-electron chi connectivity index (χ2n) is 4.20. The Labute approximate surface area is 76.1 Å². The average molecular weight is 192 g/mol. The van der Waals surface area contributed by atoms with Crippen molar-refractivity contribution in [3.8, 4) is 0 Å². The molecule has 0 aliphatic carbocycles. The van der Waals surface area contributed by atoms with E-state index in [4.69, 9.17) is 4.52 Å². The minimum atomic E-state index is -2.41. The summed E-state index contributed by atoms with van der Waals surface area (Å²) in [7, 11) is -2.41. The van der Waals surface area contributed by atoms with Crippen LogP contribution in [0.25, 0.3) is 0 Å². The molecule has 3 heteroatoms. The number of unbranched alkanes of at least 4 members (excludes halogenated alkanes) is 1. The number of hydrogen-bond donors (Lipinski definition) is 0. The van der Waals surface area contributed by atoms with E-state index in [9.17, 15) is 4.57 Å². The maximum absolute atomic E-state index is 11.9. The third kappa shape index (κ3) is 3.73. The van der Waals surface area contributed by atoms with Gasteiger partial charge in [0.05, 0.1) is 6.61 Å². The van der Waals surface area contributed by atoms with E-state index in [1.165, 1.54) is 0 Å². The van der Waals surface area contributed by atoms with E-state index in [1.54, 1.807) is 6.66 Å². The Bertz CT molecular complexity index is 170. The van der Waals surface area contributed by atoms with Crippen molar-refractivity contribution in [3.05, 3.63) is 0 Å². The normalized spacial score (nSPS) is 17.4. The highest BCUT2D eigenvalue weighted by molar-refractivity contribution is 7.59. The molecule has 1 atom stereocenters. The molecule has 0 aromatic carbocycles. The van der Waals surface area contributed by atoms with Gasteiger partial charge in [-0.05, 0) is 6.42 Å². The van der Waals surface area contributed by atoms with E-state index in [-0.39, 0.29) is 5.16 Å². The van der Waals surface area contributed by atoms with Crippen LogP contribution in [-0.2, 0) is 9.09 Å². The fraction of sp³-hybridized carbons (Fsp3) is 1.00. The Kier molecular flexibility index (Phi) is 4.50. The summed E-state index contributed by atoms with van der Waals surface area (Å²) in [6.07, 6.45) is 2.08. The van der Waals surface area contributed by atoms with Gasteiger partial charge in [0.2, 0.25) is 7.37 Å². The highest BCUT2D eigenvalue weighted by Crippen LogP contribution is 2.55. The van der Waals surface area contributed by atoms with Crippen LogP contribution in [0, 0.1) is 0 Å². The van der Waals surface area contributed by atoms with Crippen molar-refractivity contribution >= 4 is 7.37 Å². The Morgan fingerprint density at radius 2 is 1.83 bits per heavy atom. The van der Waals surface area contributed by atoms with Crippen LogP contribution in [0.5, 0.6) is 0 Å². The van der Waals surface area contributed by atoms with E-state index in [2.05, 4.69) is 6.92 Å². The second kappa shape index (κ2) is 4.43. The van der Waals surface area contributed by atoms with Crippen molar-refractivity contribution in [2.75, 3.05) is 13.3 Å². The van der Waals surface area contributed by atoms with Gasteiger partial charge in [-0.15, -0.1) is 0 Å². The molecule has 12 heavy (non-hydrogen) atoms. The van der Waals surface area contributed by atoms with Crippen LogP contribution in [0.3, 0.4) is 0 Å². The fourth-order valence-electron chi connectivity index (χ4n) is 0.577. The molecule has 0 saturated heterocycles. The standard InChI is InChI=1S/C9H21O2P/c1-6-7-8-11-12(5,10)9(2,3)4/h6-8H2,1-5H3. The lowest BCUT2D eigenvalue weighted by Gasteiger charge is -2.27. The summed E-state index contributed by atoms with van der Waals surface area (Å²) in [6.45, 7) is 10.3. The predicted molar refractivity (Wildman–Crippen MR) is 54.1 cm³/mol. The lowest BCUT2D eigenvalue weighted by Crippen LogP contribution is -2.16. The van der Waals surface area contributed by atoms with Gasteiger partial charge in [-0.25, -0.2) is 0 Å². The molecule has 0 N–H and O–H groups in total. The van der Waals surface area contributed by atoms with Gasteiger partial charge in [-0.3, -0.25) is 4.57 Å². The van der Waals surface area contributed by atoms with E-state index >= 15 is 0 Å². The van der Waals surface area contributed by atoms with Crippen LogP contribution in [0.15, 0.2) is 0 Å². The minimum absolute atomic E-state index is 0.221. The first-order valence-electron chi connectivity index (χ1n) is 4.53. The van der Waals surface area contributed by atoms with Gasteiger partial charge in [0.1, 0.15) is 0 Å². The van der Waals surface area contributed by atoms with E-state index in [0.29, 0.717) is 6.61 Å². The highest BCUT2D eigenvalue weighted by atomic mass is 31.2. The molecule has 0 bridgehead atoms. The van der Waals surface area contributed by atoms with Crippen molar-refractivity contribution in [1.29, 1.82) is 0 Å². The Balaban J connectivity index is 3.98. The van der Waals surface area contributed by atoms with Gasteiger partial charge >= 0.3 is 0 Å². The van der Waals surface area contributed by atoms with Crippen LogP contribution >= 0.6 is 7.37 Å². The summed E-state index contributed by atoms with van der Waals surface area (Å²) in [5.74, 6) is 0. The maximum Gasteiger partial charge on any atom is 0.205 e. The van der Waals surface area contributed by atoms with E-state index < -0.39 is 7.37 Å². The molecule has 1 unspecified atom stereocenters. The summed E-state index contributed by atoms with van der Waals surface area (Å²) in [5.41, 5.74) is 0. The molecule has 0 aromatic rings. The Morgan fingerprint density at radius 3 is 2.17 bits per heavy atom. The molecule has 74 valence electrons. The second-order valence-corrected chi connectivity index (χ2v) is 7.50. The Morgan fingerprint density at radius 1 is 1.33 bits per heavy atom. The SMILES string of the molecule is CCCCOP(C)(=O)C(C)(C)C. The molecule has 0 heterocycles. The predicted octanol–water partition coefficient (Wildman–Crippen LogP) is 3.51. The molecule has 0 saturated carbocycles. The van der Waals surface area contributed by atoms with Gasteiger partial charge < -0.3 is 4.52 Å². The fourth-order valence-corrected chi connectivity index (χ4v) is 1.44. The third-order valence-electron chi connectivity index (χ3n) is 2.05. The van der Waals surface area contributed by atoms with Crippen LogP contribution in [0.1, 0.15) is 40.5 Å². The molecular weight excluding hydrogens is 171 g/mol. The van der Waals surface area contributed by atoms with Gasteiger partial charge in [-0.2, -0.15) is 0 Å². The third-order valence-corrected chi connectivity index (χ3v) is 5.17. The highest BCUT2D eigenvalue weighted by Gasteiger charge is 2.32. The van der Waals surface area contributed by atoms with Crippen LogP contribution in [0.2, 0.25) is 0 Å². The largest absolute Gasteiger partial charge is 0.328 e. The first-order chi connectivity index (χ1) is 5.31. The van der Waals surface area contributed by atoms with Gasteiger partial charge in [-0.1, -0.05) is 34.1 Å². The topological polar surface area (TPSA) is 26.3 Å². The minimum Gasteiger partial charge on any atom is -0.328 e. The average Bonchev–Trinajstić information content (AvgIpc) is 1.85. The first-order valence-corrected chi connectivity index (χ1v) is 6.60. The van der Waals surface area contributed by atoms with Crippen molar-refractivity contribution in [1.82, 2.24) is 0 Å². The molecule has 0 radical (unpaired) electrons. The van der Waals surface area contributed by atoms with Crippen LogP contribution < -0.4 is 0 Å². The molecule has 0 rings (SSSR count). The van der Waals surface area contributed by atoms with Crippen molar-refractivity contribution < 1.29 is 9.09 Å². The molecule has 0 fully saturated rings. The van der Waals surface area contributed by atoms with Crippen LogP contribution in [0.4, 0.5) is 0 Å². The van der Waals surface area contributed by atoms with E-state index in [0.717, 1.165) is 12.8 Å². The Hall–Kier alpha value is 0.190. The molecule has 0 aromatic heterocycles. The first kappa shape index (κ1) is 12.2. The lowest BCUT2D eigenvalue weighted by molar-refractivity contribution is 0.296. The zero-order valence-corrected chi connectivity index (χ0v) is 9.78. The summed E-state index contributed by atoms with van der Waals surface area (Å²) in [4.78, 5) is 0. The van der Waals surface area contributed by atoms with Crippen LogP contribution in [-0.4, -0.2) is 18.4 Å². The van der Waals surface area contributed by atoms with Crippen molar-refractivity contribution in [3.63, 3.8) is 0 Å². The number of rotatable bonds is 4. The molecule has 0 aliphatic rings. The summed E-state index contributed by atoms with van der Waals surface area (Å²) >= 11 is 0. The molecule has 0 aliphatic heterocycles. The molecule has 0 amide bonds. The van der Waals surface area contributed by atoms with Crippen molar-refractivity contribution in [2.45, 2.75) is 45.7 Å². The maximum atomic E-state index is 11.9. The van der Waals surface area contributed by atoms with Crippen molar-refractivity contribution in [2.24, 2.45) is 0 Å². The number of hydrogen-bond acceptors (Lipinski definition) is 2. The quantitative estimate of drug-likeness (QED) is 0.503. The zero-order valence-electron chi connectivity index (χ0n) is 8.89. The molecular formula is C9H21O2P. The van der Waals surface area contributed by atoms with Gasteiger partial charge in [0.15, 0.2) is 0 Å².